The molecule has 0 saturated carbocycles. The lowest BCUT2D eigenvalue weighted by Gasteiger charge is -2.13. The Hall–Kier alpha value is -3.66. The summed E-state index contributed by atoms with van der Waals surface area (Å²) in [5.74, 6) is -0.0262. The van der Waals surface area contributed by atoms with Crippen molar-refractivity contribution in [1.29, 1.82) is 0 Å². The highest BCUT2D eigenvalue weighted by molar-refractivity contribution is 5.95. The van der Waals surface area contributed by atoms with Gasteiger partial charge in [-0.05, 0) is 23.3 Å². The van der Waals surface area contributed by atoms with Crippen molar-refractivity contribution in [3.05, 3.63) is 112 Å². The Balaban J connectivity index is 1.79. The number of aliphatic imine (C=N–C) groups is 1. The molecule has 3 aromatic carbocycles. The van der Waals surface area contributed by atoms with Crippen LogP contribution in [0.25, 0.3) is 10.9 Å². The smallest absolute Gasteiger partial charge is 0.263 e. The predicted octanol–water partition coefficient (Wildman–Crippen LogP) is 4.37. The first-order valence-electron chi connectivity index (χ1n) is 9.16. The fourth-order valence-corrected chi connectivity index (χ4v) is 3.28. The van der Waals surface area contributed by atoms with Crippen LogP contribution in [0.3, 0.4) is 0 Å². The first-order valence-corrected chi connectivity index (χ1v) is 9.16. The fourth-order valence-electron chi connectivity index (χ4n) is 3.28. The predicted molar refractivity (Wildman–Crippen MR) is 113 cm³/mol. The van der Waals surface area contributed by atoms with Crippen LogP contribution >= 0.6 is 0 Å². The molecule has 1 N–H and O–H groups in total. The van der Waals surface area contributed by atoms with E-state index in [1.807, 2.05) is 84.9 Å². The highest BCUT2D eigenvalue weighted by atomic mass is 16.3. The molecule has 0 atom stereocenters. The lowest BCUT2D eigenvalue weighted by Crippen LogP contribution is -2.25. The van der Waals surface area contributed by atoms with Crippen LogP contribution < -0.4 is 5.56 Å². The molecule has 0 aliphatic heterocycles. The number of pyridine rings is 1. The Morgan fingerprint density at radius 3 is 2.14 bits per heavy atom. The first-order chi connectivity index (χ1) is 13.7. The van der Waals surface area contributed by atoms with Gasteiger partial charge in [0, 0.05) is 11.6 Å². The van der Waals surface area contributed by atoms with Gasteiger partial charge in [0.25, 0.3) is 5.56 Å². The maximum absolute atomic E-state index is 13.2. The van der Waals surface area contributed by atoms with Crippen LogP contribution in [-0.4, -0.2) is 15.9 Å². The van der Waals surface area contributed by atoms with Crippen molar-refractivity contribution in [2.45, 2.75) is 13.1 Å². The van der Waals surface area contributed by atoms with E-state index in [2.05, 4.69) is 4.99 Å². The maximum Gasteiger partial charge on any atom is 0.263 e. The van der Waals surface area contributed by atoms with Crippen molar-refractivity contribution in [2.75, 3.05) is 0 Å². The molecule has 4 aromatic rings. The third-order valence-corrected chi connectivity index (χ3v) is 4.70. The highest BCUT2D eigenvalue weighted by Crippen LogP contribution is 2.25. The van der Waals surface area contributed by atoms with Gasteiger partial charge < -0.3 is 9.67 Å². The lowest BCUT2D eigenvalue weighted by atomic mass is 10.1. The third kappa shape index (κ3) is 3.58. The Bertz CT molecular complexity index is 1180. The summed E-state index contributed by atoms with van der Waals surface area (Å²) in [6.07, 6.45) is 1.48. The second-order valence-corrected chi connectivity index (χ2v) is 6.61. The summed E-state index contributed by atoms with van der Waals surface area (Å²) < 4.78 is 1.69. The molecule has 0 radical (unpaired) electrons. The van der Waals surface area contributed by atoms with E-state index in [1.54, 1.807) is 4.57 Å². The minimum absolute atomic E-state index is 0.0262. The number of hydrogen-bond donors (Lipinski definition) is 1. The molecule has 4 heteroatoms. The molecule has 138 valence electrons. The molecule has 0 fully saturated rings. The van der Waals surface area contributed by atoms with Crippen LogP contribution in [0, 0.1) is 0 Å². The molecular formula is C24H20N2O2. The topological polar surface area (TPSA) is 54.6 Å². The molecule has 28 heavy (non-hydrogen) atoms. The van der Waals surface area contributed by atoms with E-state index in [0.29, 0.717) is 24.0 Å². The van der Waals surface area contributed by atoms with Crippen LogP contribution in [0.4, 0.5) is 0 Å². The molecule has 0 amide bonds. The van der Waals surface area contributed by atoms with Crippen molar-refractivity contribution < 1.29 is 5.11 Å². The zero-order valence-corrected chi connectivity index (χ0v) is 15.3. The molecule has 0 unspecified atom stereocenters. The van der Waals surface area contributed by atoms with Gasteiger partial charge in [0.1, 0.15) is 11.3 Å². The first kappa shape index (κ1) is 17.7. The molecule has 0 saturated heterocycles. The van der Waals surface area contributed by atoms with E-state index in [0.717, 1.165) is 11.1 Å². The van der Waals surface area contributed by atoms with Crippen LogP contribution in [0.5, 0.6) is 5.75 Å². The number of aromatic hydroxyl groups is 1. The average molecular weight is 368 g/mol. The molecule has 0 spiro atoms. The standard InChI is InChI=1S/C24H20N2O2/c27-23-20-13-7-8-14-22(20)26(17-19-11-5-2-6-12-19)24(28)21(23)16-25-15-18-9-3-1-4-10-18/h1-14,16,27H,15,17H2. The normalized spacial score (nSPS) is 11.3. The summed E-state index contributed by atoms with van der Waals surface area (Å²) >= 11 is 0. The number of fused-ring (bicyclic) bond motifs is 1. The zero-order valence-electron chi connectivity index (χ0n) is 15.3. The second-order valence-electron chi connectivity index (χ2n) is 6.61. The summed E-state index contributed by atoms with van der Waals surface area (Å²) in [6, 6.07) is 27.0. The summed E-state index contributed by atoms with van der Waals surface area (Å²) in [6.45, 7) is 0.880. The van der Waals surface area contributed by atoms with Crippen LogP contribution in [0.2, 0.25) is 0 Å². The second kappa shape index (κ2) is 7.92. The summed E-state index contributed by atoms with van der Waals surface area (Å²) in [5.41, 5.74) is 2.73. The fraction of sp³-hybridized carbons (Fsp3) is 0.0833. The van der Waals surface area contributed by atoms with Crippen molar-refractivity contribution in [2.24, 2.45) is 4.99 Å². The summed E-state index contributed by atoms with van der Waals surface area (Å²) in [4.78, 5) is 17.6. The minimum Gasteiger partial charge on any atom is -0.506 e. The molecule has 4 rings (SSSR count). The third-order valence-electron chi connectivity index (χ3n) is 4.70. The van der Waals surface area contributed by atoms with E-state index in [1.165, 1.54) is 6.21 Å². The SMILES string of the molecule is O=c1c(C=NCc2ccccc2)c(O)c2ccccc2n1Cc1ccccc1. The van der Waals surface area contributed by atoms with Gasteiger partial charge in [-0.3, -0.25) is 9.79 Å². The average Bonchev–Trinajstić information content (AvgIpc) is 2.75. The van der Waals surface area contributed by atoms with Gasteiger partial charge in [-0.1, -0.05) is 72.8 Å². The van der Waals surface area contributed by atoms with Gasteiger partial charge in [-0.15, -0.1) is 0 Å². The van der Waals surface area contributed by atoms with E-state index < -0.39 is 0 Å². The van der Waals surface area contributed by atoms with Gasteiger partial charge in [0.2, 0.25) is 0 Å². The number of nitrogens with zero attached hydrogens (tertiary/aromatic N) is 2. The monoisotopic (exact) mass is 368 g/mol. The van der Waals surface area contributed by atoms with Gasteiger partial charge in [-0.2, -0.15) is 0 Å². The van der Waals surface area contributed by atoms with E-state index in [9.17, 15) is 9.90 Å². The molecular weight excluding hydrogens is 348 g/mol. The largest absolute Gasteiger partial charge is 0.506 e. The van der Waals surface area contributed by atoms with Crippen molar-refractivity contribution in [3.63, 3.8) is 0 Å². The van der Waals surface area contributed by atoms with Crippen LogP contribution in [0.15, 0.2) is 94.7 Å². The zero-order chi connectivity index (χ0) is 19.3. The van der Waals surface area contributed by atoms with Crippen molar-refractivity contribution in [3.8, 4) is 5.75 Å². The highest BCUT2D eigenvalue weighted by Gasteiger charge is 2.15. The Morgan fingerprint density at radius 1 is 0.821 bits per heavy atom. The van der Waals surface area contributed by atoms with Gasteiger partial charge in [0.15, 0.2) is 0 Å². The van der Waals surface area contributed by atoms with Gasteiger partial charge in [-0.25, -0.2) is 0 Å². The molecule has 1 aromatic heterocycles. The Labute approximate surface area is 163 Å². The van der Waals surface area contributed by atoms with Crippen molar-refractivity contribution >= 4 is 17.1 Å². The van der Waals surface area contributed by atoms with Crippen LogP contribution in [0.1, 0.15) is 16.7 Å². The Kier molecular flexibility index (Phi) is 5.02. The minimum atomic E-state index is -0.253. The lowest BCUT2D eigenvalue weighted by molar-refractivity contribution is 0.478. The van der Waals surface area contributed by atoms with E-state index in [4.69, 9.17) is 0 Å². The number of rotatable bonds is 5. The summed E-state index contributed by atoms with van der Waals surface area (Å²) in [7, 11) is 0. The number of aromatic nitrogens is 1. The molecule has 0 aliphatic rings. The number of benzene rings is 3. The van der Waals surface area contributed by atoms with E-state index in [-0.39, 0.29) is 16.9 Å². The molecule has 1 heterocycles. The van der Waals surface area contributed by atoms with E-state index >= 15 is 0 Å². The van der Waals surface area contributed by atoms with Gasteiger partial charge >= 0.3 is 0 Å². The summed E-state index contributed by atoms with van der Waals surface area (Å²) in [5, 5.41) is 11.4. The molecule has 4 nitrogen and oxygen atoms in total. The molecule has 0 bridgehead atoms. The van der Waals surface area contributed by atoms with Crippen LogP contribution in [-0.2, 0) is 13.1 Å². The van der Waals surface area contributed by atoms with Gasteiger partial charge in [0.05, 0.1) is 18.6 Å². The van der Waals surface area contributed by atoms with Crippen molar-refractivity contribution in [1.82, 2.24) is 4.57 Å². The number of para-hydroxylation sites is 1. The molecule has 0 aliphatic carbocycles. The maximum atomic E-state index is 13.2. The quantitative estimate of drug-likeness (QED) is 0.532. The Morgan fingerprint density at radius 2 is 1.43 bits per heavy atom. The number of hydrogen-bond acceptors (Lipinski definition) is 3.